The maximum absolute atomic E-state index is 12.9. The quantitative estimate of drug-likeness (QED) is 0.811. The van der Waals surface area contributed by atoms with Gasteiger partial charge in [0.15, 0.2) is 9.84 Å². The van der Waals surface area contributed by atoms with Crippen molar-refractivity contribution in [2.45, 2.75) is 33.2 Å². The van der Waals surface area contributed by atoms with Crippen molar-refractivity contribution in [3.63, 3.8) is 0 Å². The minimum absolute atomic E-state index is 0.0564. The van der Waals surface area contributed by atoms with E-state index in [2.05, 4.69) is 5.32 Å². The van der Waals surface area contributed by atoms with E-state index in [1.807, 2.05) is 37.3 Å². The molecule has 0 radical (unpaired) electrons. The predicted molar refractivity (Wildman–Crippen MR) is 93.5 cm³/mol. The molecule has 1 N–H and O–H groups in total. The molecule has 132 valence electrons. The van der Waals surface area contributed by atoms with Gasteiger partial charge >= 0.3 is 0 Å². The Morgan fingerprint density at radius 1 is 1.25 bits per heavy atom. The van der Waals surface area contributed by atoms with Crippen LogP contribution in [0.3, 0.4) is 0 Å². The van der Waals surface area contributed by atoms with Gasteiger partial charge < -0.3 is 10.2 Å². The third-order valence-electron chi connectivity index (χ3n) is 4.30. The third kappa shape index (κ3) is 3.95. The molecule has 24 heavy (non-hydrogen) atoms. The summed E-state index contributed by atoms with van der Waals surface area (Å²) in [6, 6.07) is 8.75. The lowest BCUT2D eigenvalue weighted by Gasteiger charge is -2.31. The number of carbonyl (C=O) groups is 2. The van der Waals surface area contributed by atoms with Gasteiger partial charge in [-0.2, -0.15) is 0 Å². The zero-order valence-corrected chi connectivity index (χ0v) is 15.1. The van der Waals surface area contributed by atoms with Gasteiger partial charge in [-0.25, -0.2) is 8.42 Å². The van der Waals surface area contributed by atoms with Crippen molar-refractivity contribution < 1.29 is 18.0 Å². The van der Waals surface area contributed by atoms with Crippen LogP contribution in [0, 0.1) is 5.41 Å². The maximum Gasteiger partial charge on any atom is 0.242 e. The van der Waals surface area contributed by atoms with Crippen LogP contribution in [0.15, 0.2) is 30.3 Å². The Morgan fingerprint density at radius 3 is 2.38 bits per heavy atom. The number of hydrogen-bond donors (Lipinski definition) is 1. The highest BCUT2D eigenvalue weighted by atomic mass is 32.2. The highest BCUT2D eigenvalue weighted by Gasteiger charge is 2.41. The van der Waals surface area contributed by atoms with E-state index in [0.717, 1.165) is 5.69 Å². The van der Waals surface area contributed by atoms with Gasteiger partial charge in [0.05, 0.1) is 11.5 Å². The SMILES string of the molecule is CCN(C(=O)C(C)(C)C(=O)NC1CCS(=O)(=O)C1)c1ccccc1. The molecule has 2 amide bonds. The number of anilines is 1. The molecule has 0 saturated carbocycles. The highest BCUT2D eigenvalue weighted by Crippen LogP contribution is 2.25. The van der Waals surface area contributed by atoms with E-state index in [1.54, 1.807) is 18.7 Å². The first-order valence-corrected chi connectivity index (χ1v) is 9.88. The number of sulfone groups is 1. The van der Waals surface area contributed by atoms with E-state index in [9.17, 15) is 18.0 Å². The molecule has 1 atom stereocenters. The number of rotatable bonds is 5. The van der Waals surface area contributed by atoms with Gasteiger partial charge in [-0.1, -0.05) is 18.2 Å². The average molecular weight is 352 g/mol. The molecule has 0 bridgehead atoms. The number of nitrogens with one attached hydrogen (secondary N) is 1. The van der Waals surface area contributed by atoms with Crippen LogP contribution in [0.5, 0.6) is 0 Å². The second-order valence-electron chi connectivity index (χ2n) is 6.58. The van der Waals surface area contributed by atoms with Gasteiger partial charge in [-0.3, -0.25) is 9.59 Å². The lowest BCUT2D eigenvalue weighted by molar-refractivity contribution is -0.140. The van der Waals surface area contributed by atoms with Gasteiger partial charge in [0.2, 0.25) is 11.8 Å². The second kappa shape index (κ2) is 6.93. The molecular weight excluding hydrogens is 328 g/mol. The van der Waals surface area contributed by atoms with Crippen LogP contribution in [0.1, 0.15) is 27.2 Å². The Labute approximate surface area is 143 Å². The Bertz CT molecular complexity index is 713. The maximum atomic E-state index is 12.9. The minimum Gasteiger partial charge on any atom is -0.351 e. The van der Waals surface area contributed by atoms with Crippen molar-refractivity contribution in [3.8, 4) is 0 Å². The smallest absolute Gasteiger partial charge is 0.242 e. The summed E-state index contributed by atoms with van der Waals surface area (Å²) in [5, 5.41) is 2.72. The average Bonchev–Trinajstić information content (AvgIpc) is 2.87. The topological polar surface area (TPSA) is 83.6 Å². The van der Waals surface area contributed by atoms with Crippen molar-refractivity contribution in [3.05, 3.63) is 30.3 Å². The summed E-state index contributed by atoms with van der Waals surface area (Å²) < 4.78 is 23.0. The summed E-state index contributed by atoms with van der Waals surface area (Å²) >= 11 is 0. The van der Waals surface area contributed by atoms with E-state index >= 15 is 0 Å². The van der Waals surface area contributed by atoms with Gasteiger partial charge in [-0.15, -0.1) is 0 Å². The van der Waals surface area contributed by atoms with Gasteiger partial charge in [0.1, 0.15) is 5.41 Å². The number of nitrogens with zero attached hydrogens (tertiary/aromatic N) is 1. The van der Waals surface area contributed by atoms with E-state index in [4.69, 9.17) is 0 Å². The summed E-state index contributed by atoms with van der Waals surface area (Å²) in [5.41, 5.74) is -0.549. The fraction of sp³-hybridized carbons (Fsp3) is 0.529. The standard InChI is InChI=1S/C17H24N2O4S/c1-4-19(14-8-6-5-7-9-14)16(21)17(2,3)15(20)18-13-10-11-24(22,23)12-13/h5-9,13H,4,10-12H2,1-3H3,(H,18,20). The molecule has 1 heterocycles. The molecule has 1 saturated heterocycles. The van der Waals surface area contributed by atoms with Crippen LogP contribution < -0.4 is 10.2 Å². The third-order valence-corrected chi connectivity index (χ3v) is 6.07. The molecule has 2 rings (SSSR count). The van der Waals surface area contributed by atoms with Crippen molar-refractivity contribution in [2.75, 3.05) is 23.0 Å². The first-order valence-electron chi connectivity index (χ1n) is 8.06. The monoisotopic (exact) mass is 352 g/mol. The zero-order chi connectivity index (χ0) is 18.0. The molecule has 0 spiro atoms. The van der Waals surface area contributed by atoms with Gasteiger partial charge in [0, 0.05) is 18.3 Å². The van der Waals surface area contributed by atoms with E-state index in [1.165, 1.54) is 0 Å². The molecule has 6 nitrogen and oxygen atoms in total. The van der Waals surface area contributed by atoms with Gasteiger partial charge in [0.25, 0.3) is 0 Å². The molecule has 0 aromatic heterocycles. The number of carbonyl (C=O) groups excluding carboxylic acids is 2. The van der Waals surface area contributed by atoms with E-state index in [0.29, 0.717) is 13.0 Å². The predicted octanol–water partition coefficient (Wildman–Crippen LogP) is 1.37. The minimum atomic E-state index is -3.08. The molecule has 0 aliphatic carbocycles. The highest BCUT2D eigenvalue weighted by molar-refractivity contribution is 7.91. The second-order valence-corrected chi connectivity index (χ2v) is 8.81. The van der Waals surface area contributed by atoms with Gasteiger partial charge in [-0.05, 0) is 39.3 Å². The molecule has 1 unspecified atom stereocenters. The lowest BCUT2D eigenvalue weighted by Crippen LogP contribution is -2.52. The van der Waals surface area contributed by atoms with E-state index < -0.39 is 27.2 Å². The molecule has 1 aliphatic rings. The Balaban J connectivity index is 2.12. The van der Waals surface area contributed by atoms with E-state index in [-0.39, 0.29) is 17.4 Å². The molecular formula is C17H24N2O4S. The number of para-hydroxylation sites is 1. The molecule has 1 aromatic rings. The van der Waals surface area contributed by atoms with Crippen LogP contribution in [0.4, 0.5) is 5.69 Å². The normalized spacial score (nSPS) is 19.7. The summed E-state index contributed by atoms with van der Waals surface area (Å²) in [5.74, 6) is -0.727. The van der Waals surface area contributed by atoms with Crippen molar-refractivity contribution in [1.29, 1.82) is 0 Å². The summed E-state index contributed by atoms with van der Waals surface area (Å²) in [6.45, 7) is 5.43. The number of amides is 2. The number of benzene rings is 1. The largest absolute Gasteiger partial charge is 0.351 e. The zero-order valence-electron chi connectivity index (χ0n) is 14.3. The Kier molecular flexibility index (Phi) is 5.32. The molecule has 1 fully saturated rings. The fourth-order valence-corrected chi connectivity index (χ4v) is 4.43. The summed E-state index contributed by atoms with van der Waals surface area (Å²) in [6.07, 6.45) is 0.397. The van der Waals surface area contributed by atoms with Crippen LogP contribution in [0.25, 0.3) is 0 Å². The molecule has 7 heteroatoms. The Hall–Kier alpha value is -1.89. The van der Waals surface area contributed by atoms with Crippen LogP contribution in [-0.4, -0.2) is 44.3 Å². The van der Waals surface area contributed by atoms with Crippen molar-refractivity contribution in [1.82, 2.24) is 5.32 Å². The lowest BCUT2D eigenvalue weighted by atomic mass is 9.89. The number of hydrogen-bond acceptors (Lipinski definition) is 4. The first kappa shape index (κ1) is 18.4. The van der Waals surface area contributed by atoms with Crippen LogP contribution >= 0.6 is 0 Å². The molecule has 1 aromatic carbocycles. The molecule has 1 aliphatic heterocycles. The summed E-state index contributed by atoms with van der Waals surface area (Å²) in [7, 11) is -3.08. The van der Waals surface area contributed by atoms with Crippen LogP contribution in [-0.2, 0) is 19.4 Å². The fourth-order valence-electron chi connectivity index (χ4n) is 2.76. The summed E-state index contributed by atoms with van der Waals surface area (Å²) in [4.78, 5) is 27.0. The first-order chi connectivity index (χ1) is 11.2. The van der Waals surface area contributed by atoms with Crippen LogP contribution in [0.2, 0.25) is 0 Å². The Morgan fingerprint density at radius 2 is 1.88 bits per heavy atom. The van der Waals surface area contributed by atoms with Crippen molar-refractivity contribution >= 4 is 27.3 Å². The van der Waals surface area contributed by atoms with Crippen molar-refractivity contribution in [2.24, 2.45) is 5.41 Å².